The fourth-order valence-corrected chi connectivity index (χ4v) is 2.07. The van der Waals surface area contributed by atoms with Gasteiger partial charge in [0.15, 0.2) is 0 Å². The molecule has 7 heteroatoms. The quantitative estimate of drug-likeness (QED) is 0.445. The Morgan fingerprint density at radius 2 is 1.64 bits per heavy atom. The minimum absolute atomic E-state index is 0.0745. The second-order valence-corrected chi connectivity index (χ2v) is 4.68. The fourth-order valence-electron chi connectivity index (χ4n) is 1.07. The maximum Gasteiger partial charge on any atom is 0.303 e. The molecule has 0 bridgehead atoms. The number of nitrogens with two attached hydrogens (primary N) is 1. The first-order valence-electron chi connectivity index (χ1n) is 4.03. The highest BCUT2D eigenvalue weighted by atomic mass is 31.1. The third-order valence-corrected chi connectivity index (χ3v) is 2.97. The lowest BCUT2D eigenvalue weighted by Crippen LogP contribution is -2.17. The van der Waals surface area contributed by atoms with E-state index in [0.717, 1.165) is 0 Å². The molecule has 0 rings (SSSR count). The maximum atomic E-state index is 10.4. The molecule has 1 unspecified atom stereocenters. The topological polar surface area (TPSA) is 121 Å². The summed E-state index contributed by atoms with van der Waals surface area (Å²) in [7, 11) is -1.43. The molecule has 0 aromatic carbocycles. The summed E-state index contributed by atoms with van der Waals surface area (Å²) in [6.45, 7) is 0. The SMILES string of the molecule is NCP(O)CC(CC(=O)O)CC(=O)O. The van der Waals surface area contributed by atoms with Crippen molar-refractivity contribution in [3.05, 3.63) is 0 Å². The third kappa shape index (κ3) is 6.77. The Bertz CT molecular complexity index is 194. The molecule has 0 aliphatic heterocycles. The highest BCUT2D eigenvalue weighted by Crippen LogP contribution is 2.32. The van der Waals surface area contributed by atoms with Gasteiger partial charge in [0.25, 0.3) is 0 Å². The van der Waals surface area contributed by atoms with Crippen LogP contribution in [-0.2, 0) is 9.59 Å². The number of hydrogen-bond donors (Lipinski definition) is 4. The molecule has 0 aromatic rings. The van der Waals surface area contributed by atoms with Gasteiger partial charge in [0.2, 0.25) is 0 Å². The van der Waals surface area contributed by atoms with E-state index in [1.807, 2.05) is 0 Å². The van der Waals surface area contributed by atoms with Gasteiger partial charge in [-0.25, -0.2) is 0 Å². The van der Waals surface area contributed by atoms with E-state index in [2.05, 4.69) is 0 Å². The predicted molar refractivity (Wildman–Crippen MR) is 51.1 cm³/mol. The zero-order chi connectivity index (χ0) is 11.1. The predicted octanol–water partition coefficient (Wildman–Crippen LogP) is -0.143. The molecule has 0 radical (unpaired) electrons. The first-order chi connectivity index (χ1) is 6.45. The Morgan fingerprint density at radius 1 is 1.21 bits per heavy atom. The van der Waals surface area contributed by atoms with E-state index in [-0.39, 0.29) is 25.3 Å². The summed E-state index contributed by atoms with van der Waals surface area (Å²) in [6.07, 6.45) is -0.243. The summed E-state index contributed by atoms with van der Waals surface area (Å²) < 4.78 is 0. The smallest absolute Gasteiger partial charge is 0.303 e. The summed E-state index contributed by atoms with van der Waals surface area (Å²) in [5.41, 5.74) is 5.17. The highest BCUT2D eigenvalue weighted by Gasteiger charge is 2.19. The zero-order valence-electron chi connectivity index (χ0n) is 7.59. The molecule has 0 saturated heterocycles. The number of rotatable bonds is 7. The molecular weight excluding hydrogens is 209 g/mol. The monoisotopic (exact) mass is 223 g/mol. The molecule has 0 aromatic heterocycles. The minimum atomic E-state index is -1.43. The van der Waals surface area contributed by atoms with Gasteiger partial charge in [0.05, 0.1) is 0 Å². The van der Waals surface area contributed by atoms with Crippen LogP contribution in [0.2, 0.25) is 0 Å². The first-order valence-corrected chi connectivity index (χ1v) is 5.69. The first kappa shape index (κ1) is 13.3. The van der Waals surface area contributed by atoms with Crippen LogP contribution in [0, 0.1) is 5.92 Å². The van der Waals surface area contributed by atoms with Gasteiger partial charge in [-0.3, -0.25) is 9.59 Å². The van der Waals surface area contributed by atoms with Crippen molar-refractivity contribution >= 4 is 20.1 Å². The van der Waals surface area contributed by atoms with Crippen molar-refractivity contribution in [3.63, 3.8) is 0 Å². The van der Waals surface area contributed by atoms with Gasteiger partial charge < -0.3 is 20.8 Å². The normalized spacial score (nSPS) is 12.8. The van der Waals surface area contributed by atoms with Gasteiger partial charge in [-0.05, 0) is 12.1 Å². The van der Waals surface area contributed by atoms with E-state index in [9.17, 15) is 14.5 Å². The standard InChI is InChI=1S/C7H14NO5P/c8-4-14(13)3-5(1-6(9)10)2-7(11)12/h5,13H,1-4,8H2,(H,9,10)(H,11,12). The summed E-state index contributed by atoms with van der Waals surface area (Å²) in [5, 5.41) is 17.0. The highest BCUT2D eigenvalue weighted by molar-refractivity contribution is 7.51. The van der Waals surface area contributed by atoms with Crippen molar-refractivity contribution < 1.29 is 24.7 Å². The van der Waals surface area contributed by atoms with E-state index in [1.165, 1.54) is 0 Å². The van der Waals surface area contributed by atoms with Crippen LogP contribution in [0.15, 0.2) is 0 Å². The number of aliphatic carboxylic acids is 2. The van der Waals surface area contributed by atoms with E-state index < -0.39 is 26.0 Å². The van der Waals surface area contributed by atoms with Gasteiger partial charge >= 0.3 is 11.9 Å². The average molecular weight is 223 g/mol. The van der Waals surface area contributed by atoms with E-state index in [4.69, 9.17) is 15.9 Å². The summed E-state index contributed by atoms with van der Waals surface area (Å²) in [4.78, 5) is 29.9. The molecule has 0 aliphatic rings. The van der Waals surface area contributed by atoms with Gasteiger partial charge in [-0.15, -0.1) is 0 Å². The lowest BCUT2D eigenvalue weighted by Gasteiger charge is -2.15. The Kier molecular flexibility index (Phi) is 6.36. The molecule has 0 fully saturated rings. The summed E-state index contributed by atoms with van der Waals surface area (Å²) in [5.74, 6) is -2.65. The molecular formula is C7H14NO5P. The molecule has 0 aliphatic carbocycles. The Balaban J connectivity index is 4.09. The van der Waals surface area contributed by atoms with Crippen LogP contribution in [0.3, 0.4) is 0 Å². The average Bonchev–Trinajstić information content (AvgIpc) is 2.01. The van der Waals surface area contributed by atoms with E-state index in [0.29, 0.717) is 0 Å². The largest absolute Gasteiger partial charge is 0.481 e. The molecule has 1 atom stereocenters. The number of carbonyl (C=O) groups is 2. The Hall–Kier alpha value is -0.710. The molecule has 6 nitrogen and oxygen atoms in total. The van der Waals surface area contributed by atoms with Crippen LogP contribution in [-0.4, -0.2) is 39.5 Å². The van der Waals surface area contributed by atoms with Crippen molar-refractivity contribution in [2.45, 2.75) is 12.8 Å². The van der Waals surface area contributed by atoms with Crippen molar-refractivity contribution in [3.8, 4) is 0 Å². The van der Waals surface area contributed by atoms with Crippen LogP contribution in [0.25, 0.3) is 0 Å². The molecule has 0 amide bonds. The van der Waals surface area contributed by atoms with Crippen LogP contribution in [0.1, 0.15) is 12.8 Å². The minimum Gasteiger partial charge on any atom is -0.481 e. The molecule has 14 heavy (non-hydrogen) atoms. The van der Waals surface area contributed by atoms with Crippen LogP contribution < -0.4 is 5.73 Å². The van der Waals surface area contributed by atoms with Gasteiger partial charge in [-0.2, -0.15) is 0 Å². The zero-order valence-corrected chi connectivity index (χ0v) is 8.48. The second kappa shape index (κ2) is 6.70. The van der Waals surface area contributed by atoms with E-state index in [1.54, 1.807) is 0 Å². The molecule has 0 saturated carbocycles. The molecule has 82 valence electrons. The number of hydrogen-bond acceptors (Lipinski definition) is 4. The second-order valence-electron chi connectivity index (χ2n) is 2.93. The van der Waals surface area contributed by atoms with Gasteiger partial charge in [-0.1, -0.05) is 0 Å². The van der Waals surface area contributed by atoms with Crippen molar-refractivity contribution in [2.75, 3.05) is 12.4 Å². The van der Waals surface area contributed by atoms with E-state index >= 15 is 0 Å². The Morgan fingerprint density at radius 3 is 1.93 bits per heavy atom. The summed E-state index contributed by atoms with van der Waals surface area (Å²) >= 11 is 0. The third-order valence-electron chi connectivity index (χ3n) is 1.61. The lowest BCUT2D eigenvalue weighted by atomic mass is 10.0. The van der Waals surface area contributed by atoms with Crippen LogP contribution in [0.5, 0.6) is 0 Å². The number of carboxylic acid groups (broad SMARTS) is 2. The lowest BCUT2D eigenvalue weighted by molar-refractivity contribution is -0.140. The summed E-state index contributed by atoms with van der Waals surface area (Å²) in [6, 6.07) is 0. The van der Waals surface area contributed by atoms with Crippen molar-refractivity contribution in [2.24, 2.45) is 11.7 Å². The number of carboxylic acids is 2. The van der Waals surface area contributed by atoms with Crippen LogP contribution in [0.4, 0.5) is 0 Å². The molecule has 5 N–H and O–H groups in total. The molecule has 0 heterocycles. The fraction of sp³-hybridized carbons (Fsp3) is 0.714. The van der Waals surface area contributed by atoms with Crippen LogP contribution >= 0.6 is 8.15 Å². The van der Waals surface area contributed by atoms with Crippen molar-refractivity contribution in [1.29, 1.82) is 0 Å². The van der Waals surface area contributed by atoms with Crippen molar-refractivity contribution in [1.82, 2.24) is 0 Å². The Labute approximate surface area is 82.6 Å². The maximum absolute atomic E-state index is 10.4. The van der Waals surface area contributed by atoms with Gasteiger partial charge in [0, 0.05) is 27.3 Å². The van der Waals surface area contributed by atoms with Gasteiger partial charge in [0.1, 0.15) is 0 Å². The molecule has 0 spiro atoms.